The van der Waals surface area contributed by atoms with E-state index in [1.165, 1.54) is 6.07 Å². The third-order valence-corrected chi connectivity index (χ3v) is 4.65. The van der Waals surface area contributed by atoms with E-state index in [0.29, 0.717) is 16.2 Å². The lowest BCUT2D eigenvalue weighted by Gasteiger charge is -2.09. The number of anilines is 1. The van der Waals surface area contributed by atoms with Gasteiger partial charge in [0.15, 0.2) is 0 Å². The predicted octanol–water partition coefficient (Wildman–Crippen LogP) is 3.23. The summed E-state index contributed by atoms with van der Waals surface area (Å²) in [5.74, 6) is -1.85. The van der Waals surface area contributed by atoms with E-state index in [9.17, 15) is 17.2 Å². The summed E-state index contributed by atoms with van der Waals surface area (Å²) in [6, 6.07) is 5.22. The number of nitrogens with one attached hydrogen (secondary N) is 1. The Hall–Kier alpha value is -1.54. The molecule has 0 spiro atoms. The fraction of sp³-hybridized carbons (Fsp3) is 0.0833. The highest BCUT2D eigenvalue weighted by Gasteiger charge is 2.20. The largest absolute Gasteiger partial charge is 0.266 e. The molecule has 0 bridgehead atoms. The number of aromatic nitrogens is 1. The Balaban J connectivity index is 2.40. The van der Waals surface area contributed by atoms with Crippen molar-refractivity contribution in [3.8, 4) is 0 Å². The smallest absolute Gasteiger partial charge is 0.263 e. The minimum absolute atomic E-state index is 0.0226. The molecule has 0 amide bonds. The molecule has 1 N–H and O–H groups in total. The van der Waals surface area contributed by atoms with Crippen molar-refractivity contribution in [2.45, 2.75) is 11.8 Å². The third-order valence-electron chi connectivity index (χ3n) is 2.44. The third kappa shape index (κ3) is 3.13. The van der Waals surface area contributed by atoms with Crippen molar-refractivity contribution >= 4 is 31.8 Å². The highest BCUT2D eigenvalue weighted by molar-refractivity contribution is 9.10. The van der Waals surface area contributed by atoms with E-state index in [-0.39, 0.29) is 5.82 Å². The van der Waals surface area contributed by atoms with Gasteiger partial charge in [-0.05, 0) is 53.2 Å². The van der Waals surface area contributed by atoms with Crippen LogP contribution in [0.1, 0.15) is 5.69 Å². The van der Waals surface area contributed by atoms with Gasteiger partial charge in [-0.25, -0.2) is 22.2 Å². The van der Waals surface area contributed by atoms with Gasteiger partial charge < -0.3 is 0 Å². The second-order valence-electron chi connectivity index (χ2n) is 3.94. The van der Waals surface area contributed by atoms with Gasteiger partial charge in [0.25, 0.3) is 10.0 Å². The van der Waals surface area contributed by atoms with E-state index >= 15 is 0 Å². The van der Waals surface area contributed by atoms with Gasteiger partial charge in [0.05, 0.1) is 5.69 Å². The number of nitrogens with zero attached hydrogens (tertiary/aromatic N) is 1. The van der Waals surface area contributed by atoms with Gasteiger partial charge >= 0.3 is 0 Å². The molecule has 0 aliphatic heterocycles. The molecule has 8 heteroatoms. The Bertz CT molecular complexity index is 766. The summed E-state index contributed by atoms with van der Waals surface area (Å²) < 4.78 is 53.4. The lowest BCUT2D eigenvalue weighted by molar-refractivity contribution is 0.555. The Morgan fingerprint density at radius 3 is 2.55 bits per heavy atom. The van der Waals surface area contributed by atoms with Crippen LogP contribution in [-0.2, 0) is 10.0 Å². The zero-order valence-corrected chi connectivity index (χ0v) is 12.6. The first-order chi connectivity index (χ1) is 9.29. The second-order valence-corrected chi connectivity index (χ2v) is 6.45. The van der Waals surface area contributed by atoms with Crippen LogP contribution in [0.5, 0.6) is 0 Å². The van der Waals surface area contributed by atoms with Crippen molar-refractivity contribution in [3.05, 3.63) is 52.1 Å². The Morgan fingerprint density at radius 1 is 1.20 bits per heavy atom. The van der Waals surface area contributed by atoms with E-state index in [0.717, 1.165) is 12.1 Å². The molecule has 0 fully saturated rings. The SMILES string of the molecule is Cc1nc(NS(=O)(=O)c2cc(F)ccc2F)ccc1Br. The van der Waals surface area contributed by atoms with Gasteiger partial charge in [0.2, 0.25) is 0 Å². The van der Waals surface area contributed by atoms with Crippen molar-refractivity contribution in [3.63, 3.8) is 0 Å². The lowest BCUT2D eigenvalue weighted by Crippen LogP contribution is -2.16. The first kappa shape index (κ1) is 14.9. The minimum Gasteiger partial charge on any atom is -0.263 e. The van der Waals surface area contributed by atoms with E-state index < -0.39 is 26.6 Å². The summed E-state index contributed by atoms with van der Waals surface area (Å²) in [5, 5.41) is 0. The molecule has 0 saturated carbocycles. The topological polar surface area (TPSA) is 59.1 Å². The van der Waals surface area contributed by atoms with Gasteiger partial charge in [-0.2, -0.15) is 0 Å². The average Bonchev–Trinajstić information content (AvgIpc) is 2.36. The lowest BCUT2D eigenvalue weighted by atomic mass is 10.3. The van der Waals surface area contributed by atoms with Crippen molar-refractivity contribution in [1.29, 1.82) is 0 Å². The van der Waals surface area contributed by atoms with Gasteiger partial charge in [0.1, 0.15) is 22.3 Å². The second kappa shape index (κ2) is 5.45. The van der Waals surface area contributed by atoms with Crippen molar-refractivity contribution in [2.75, 3.05) is 4.72 Å². The molecule has 0 radical (unpaired) electrons. The van der Waals surface area contributed by atoms with Gasteiger partial charge in [-0.3, -0.25) is 4.72 Å². The van der Waals surface area contributed by atoms with Crippen LogP contribution in [0.4, 0.5) is 14.6 Å². The number of benzene rings is 1. The average molecular weight is 363 g/mol. The van der Waals surface area contributed by atoms with Gasteiger partial charge in [-0.15, -0.1) is 0 Å². The first-order valence-electron chi connectivity index (χ1n) is 5.40. The molecule has 0 atom stereocenters. The van der Waals surface area contributed by atoms with Crippen molar-refractivity contribution in [1.82, 2.24) is 4.98 Å². The normalized spacial score (nSPS) is 11.4. The highest BCUT2D eigenvalue weighted by Crippen LogP contribution is 2.21. The quantitative estimate of drug-likeness (QED) is 0.911. The molecule has 1 aromatic heterocycles. The van der Waals surface area contributed by atoms with Crippen molar-refractivity contribution < 1.29 is 17.2 Å². The standard InChI is InChI=1S/C12H9BrF2N2O2S/c1-7-9(13)3-5-12(16-7)17-20(18,19)11-6-8(14)2-4-10(11)15/h2-6H,1H3,(H,16,17). The monoisotopic (exact) mass is 362 g/mol. The predicted molar refractivity (Wildman–Crippen MR) is 73.8 cm³/mol. The maximum absolute atomic E-state index is 13.5. The molecule has 2 rings (SSSR count). The summed E-state index contributed by atoms with van der Waals surface area (Å²) >= 11 is 3.23. The molecular weight excluding hydrogens is 354 g/mol. The maximum atomic E-state index is 13.5. The molecule has 1 aromatic carbocycles. The van der Waals surface area contributed by atoms with E-state index in [1.54, 1.807) is 13.0 Å². The number of rotatable bonds is 3. The summed E-state index contributed by atoms with van der Waals surface area (Å²) in [6.07, 6.45) is 0. The molecule has 0 unspecified atom stereocenters. The minimum atomic E-state index is -4.24. The molecule has 4 nitrogen and oxygen atoms in total. The van der Waals surface area contributed by atoms with E-state index in [4.69, 9.17) is 0 Å². The van der Waals surface area contributed by atoms with Crippen LogP contribution in [-0.4, -0.2) is 13.4 Å². The summed E-state index contributed by atoms with van der Waals surface area (Å²) in [4.78, 5) is 3.22. The van der Waals surface area contributed by atoms with E-state index in [2.05, 4.69) is 25.6 Å². The molecule has 0 aliphatic rings. The Labute approximate surface area is 123 Å². The molecule has 1 heterocycles. The van der Waals surface area contributed by atoms with Crippen LogP contribution in [0.3, 0.4) is 0 Å². The van der Waals surface area contributed by atoms with Crippen LogP contribution in [0.2, 0.25) is 0 Å². The molecule has 20 heavy (non-hydrogen) atoms. The number of hydrogen-bond acceptors (Lipinski definition) is 3. The molecule has 0 aliphatic carbocycles. The van der Waals surface area contributed by atoms with Crippen LogP contribution < -0.4 is 4.72 Å². The molecular formula is C12H9BrF2N2O2S. The van der Waals surface area contributed by atoms with Crippen LogP contribution in [0, 0.1) is 18.6 Å². The van der Waals surface area contributed by atoms with E-state index in [1.807, 2.05) is 0 Å². The van der Waals surface area contributed by atoms with Crippen molar-refractivity contribution in [2.24, 2.45) is 0 Å². The molecule has 2 aromatic rings. The number of hydrogen-bond donors (Lipinski definition) is 1. The number of aryl methyl sites for hydroxylation is 1. The summed E-state index contributed by atoms with van der Waals surface area (Å²) in [7, 11) is -4.24. The molecule has 106 valence electrons. The van der Waals surface area contributed by atoms with Gasteiger partial charge in [-0.1, -0.05) is 0 Å². The number of sulfonamides is 1. The summed E-state index contributed by atoms with van der Waals surface area (Å²) in [5.41, 5.74) is 0.560. The van der Waals surface area contributed by atoms with Crippen LogP contribution >= 0.6 is 15.9 Å². The number of halogens is 3. The maximum Gasteiger partial charge on any atom is 0.266 e. The van der Waals surface area contributed by atoms with Crippen LogP contribution in [0.15, 0.2) is 39.7 Å². The van der Waals surface area contributed by atoms with Gasteiger partial charge in [0, 0.05) is 4.47 Å². The Kier molecular flexibility index (Phi) is 4.05. The zero-order chi connectivity index (χ0) is 14.9. The number of pyridine rings is 1. The molecule has 0 saturated heterocycles. The highest BCUT2D eigenvalue weighted by atomic mass is 79.9. The van der Waals surface area contributed by atoms with Crippen LogP contribution in [0.25, 0.3) is 0 Å². The fourth-order valence-electron chi connectivity index (χ4n) is 1.48. The summed E-state index contributed by atoms with van der Waals surface area (Å²) in [6.45, 7) is 1.67. The fourth-order valence-corrected chi connectivity index (χ4v) is 2.79. The Morgan fingerprint density at radius 2 is 1.90 bits per heavy atom. The zero-order valence-electron chi connectivity index (χ0n) is 10.2. The first-order valence-corrected chi connectivity index (χ1v) is 7.68.